The lowest BCUT2D eigenvalue weighted by atomic mass is 10.1. The van der Waals surface area contributed by atoms with Gasteiger partial charge in [0.15, 0.2) is 0 Å². The van der Waals surface area contributed by atoms with Crippen LogP contribution < -0.4 is 10.2 Å². The minimum atomic E-state index is -0.206. The van der Waals surface area contributed by atoms with Crippen LogP contribution >= 0.6 is 0 Å². The van der Waals surface area contributed by atoms with Crippen LogP contribution in [0.25, 0.3) is 0 Å². The first-order valence-corrected chi connectivity index (χ1v) is 7.62. The first-order valence-electron chi connectivity index (χ1n) is 7.62. The molecule has 0 aliphatic carbocycles. The highest BCUT2D eigenvalue weighted by atomic mass is 16.3. The molecule has 0 bridgehead atoms. The fourth-order valence-corrected chi connectivity index (χ4v) is 2.75. The van der Waals surface area contributed by atoms with Crippen molar-refractivity contribution in [3.63, 3.8) is 0 Å². The van der Waals surface area contributed by atoms with E-state index in [1.54, 1.807) is 12.1 Å². The summed E-state index contributed by atoms with van der Waals surface area (Å²) in [5, 5.41) is 12.6. The number of amides is 1. The van der Waals surface area contributed by atoms with E-state index in [1.165, 1.54) is 0 Å². The van der Waals surface area contributed by atoms with Crippen molar-refractivity contribution < 1.29 is 9.90 Å². The van der Waals surface area contributed by atoms with Gasteiger partial charge in [-0.05, 0) is 37.1 Å². The number of aliphatic hydroxyl groups excluding tert-OH is 1. The molecule has 4 heteroatoms. The van der Waals surface area contributed by atoms with Gasteiger partial charge in [-0.25, -0.2) is 0 Å². The Hall–Kier alpha value is -2.33. The lowest BCUT2D eigenvalue weighted by Gasteiger charge is -2.32. The van der Waals surface area contributed by atoms with Crippen molar-refractivity contribution in [3.8, 4) is 0 Å². The maximum Gasteiger partial charge on any atom is 0.255 e. The molecule has 0 spiro atoms. The Kier molecular flexibility index (Phi) is 4.39. The largest absolute Gasteiger partial charge is 0.393 e. The van der Waals surface area contributed by atoms with E-state index in [9.17, 15) is 9.90 Å². The van der Waals surface area contributed by atoms with Crippen molar-refractivity contribution in [2.45, 2.75) is 18.9 Å². The van der Waals surface area contributed by atoms with Gasteiger partial charge in [0, 0.05) is 18.7 Å². The van der Waals surface area contributed by atoms with Crippen molar-refractivity contribution in [3.05, 3.63) is 60.2 Å². The summed E-state index contributed by atoms with van der Waals surface area (Å²) in [7, 11) is 0. The summed E-state index contributed by atoms with van der Waals surface area (Å²) in [6, 6.07) is 17.0. The first-order chi connectivity index (χ1) is 10.7. The lowest BCUT2D eigenvalue weighted by molar-refractivity contribution is 0.102. The molecule has 1 fully saturated rings. The molecule has 3 rings (SSSR count). The number of piperidine rings is 1. The van der Waals surface area contributed by atoms with Crippen LogP contribution in [-0.2, 0) is 0 Å². The molecule has 1 aliphatic heterocycles. The average molecular weight is 296 g/mol. The first kappa shape index (κ1) is 14.6. The molecule has 0 radical (unpaired) electrons. The highest BCUT2D eigenvalue weighted by Gasteiger charge is 2.19. The Bertz CT molecular complexity index is 635. The average Bonchev–Trinajstić information content (AvgIpc) is 2.57. The summed E-state index contributed by atoms with van der Waals surface area (Å²) in [5.74, 6) is -0.106. The number of carbonyl (C=O) groups excluding carboxylic acids is 1. The zero-order chi connectivity index (χ0) is 15.4. The van der Waals surface area contributed by atoms with Crippen molar-refractivity contribution in [1.82, 2.24) is 0 Å². The number of anilines is 2. The number of rotatable bonds is 3. The molecule has 0 atom stereocenters. The number of nitrogens with zero attached hydrogens (tertiary/aromatic N) is 1. The van der Waals surface area contributed by atoms with Gasteiger partial charge < -0.3 is 15.3 Å². The standard InChI is InChI=1S/C18H20N2O2/c21-15-10-12-20(13-11-15)17-9-5-4-8-16(17)19-18(22)14-6-2-1-3-7-14/h1-9,15,21H,10-13H2,(H,19,22). The predicted molar refractivity (Wildman–Crippen MR) is 88.3 cm³/mol. The van der Waals surface area contributed by atoms with E-state index in [0.717, 1.165) is 37.3 Å². The lowest BCUT2D eigenvalue weighted by Crippen LogP contribution is -2.36. The predicted octanol–water partition coefficient (Wildman–Crippen LogP) is 2.90. The summed E-state index contributed by atoms with van der Waals surface area (Å²) < 4.78 is 0. The van der Waals surface area contributed by atoms with Crippen LogP contribution in [0, 0.1) is 0 Å². The van der Waals surface area contributed by atoms with Crippen molar-refractivity contribution >= 4 is 17.3 Å². The van der Waals surface area contributed by atoms with Gasteiger partial charge in [0.05, 0.1) is 17.5 Å². The van der Waals surface area contributed by atoms with Crippen LogP contribution in [0.1, 0.15) is 23.2 Å². The van der Waals surface area contributed by atoms with Gasteiger partial charge in [0.2, 0.25) is 0 Å². The quantitative estimate of drug-likeness (QED) is 0.915. The Morgan fingerprint density at radius 2 is 1.64 bits per heavy atom. The molecule has 0 saturated carbocycles. The second-order valence-electron chi connectivity index (χ2n) is 5.56. The van der Waals surface area contributed by atoms with E-state index in [4.69, 9.17) is 0 Å². The summed E-state index contributed by atoms with van der Waals surface area (Å²) in [5.41, 5.74) is 2.47. The number of para-hydroxylation sites is 2. The zero-order valence-corrected chi connectivity index (χ0v) is 12.4. The van der Waals surface area contributed by atoms with Crippen LogP contribution in [0.5, 0.6) is 0 Å². The maximum absolute atomic E-state index is 12.3. The Morgan fingerprint density at radius 1 is 1.00 bits per heavy atom. The van der Waals surface area contributed by atoms with Gasteiger partial charge in [0.25, 0.3) is 5.91 Å². The third kappa shape index (κ3) is 3.28. The summed E-state index contributed by atoms with van der Waals surface area (Å²) in [6.45, 7) is 1.61. The maximum atomic E-state index is 12.3. The smallest absolute Gasteiger partial charge is 0.255 e. The van der Waals surface area contributed by atoms with Gasteiger partial charge in [-0.2, -0.15) is 0 Å². The number of nitrogens with one attached hydrogen (secondary N) is 1. The molecule has 114 valence electrons. The third-order valence-corrected chi connectivity index (χ3v) is 3.99. The van der Waals surface area contributed by atoms with Gasteiger partial charge in [-0.15, -0.1) is 0 Å². The fraction of sp³-hybridized carbons (Fsp3) is 0.278. The normalized spacial score (nSPS) is 15.6. The van der Waals surface area contributed by atoms with E-state index in [0.29, 0.717) is 5.56 Å². The van der Waals surface area contributed by atoms with Crippen molar-refractivity contribution in [2.24, 2.45) is 0 Å². The Morgan fingerprint density at radius 3 is 2.36 bits per heavy atom. The molecule has 1 heterocycles. The van der Waals surface area contributed by atoms with E-state index in [-0.39, 0.29) is 12.0 Å². The van der Waals surface area contributed by atoms with Crippen molar-refractivity contribution in [1.29, 1.82) is 0 Å². The van der Waals surface area contributed by atoms with Gasteiger partial charge in [0.1, 0.15) is 0 Å². The van der Waals surface area contributed by atoms with Gasteiger partial charge in [-0.3, -0.25) is 4.79 Å². The number of carbonyl (C=O) groups is 1. The van der Waals surface area contributed by atoms with Crippen LogP contribution in [0.3, 0.4) is 0 Å². The molecule has 0 aromatic heterocycles. The topological polar surface area (TPSA) is 52.6 Å². The Balaban J connectivity index is 1.78. The molecule has 2 aromatic carbocycles. The molecule has 22 heavy (non-hydrogen) atoms. The van der Waals surface area contributed by atoms with Gasteiger partial charge in [-0.1, -0.05) is 30.3 Å². The highest BCUT2D eigenvalue weighted by Crippen LogP contribution is 2.28. The van der Waals surface area contributed by atoms with E-state index in [1.807, 2.05) is 42.5 Å². The SMILES string of the molecule is O=C(Nc1ccccc1N1CCC(O)CC1)c1ccccc1. The molecule has 4 nitrogen and oxygen atoms in total. The second-order valence-corrected chi connectivity index (χ2v) is 5.56. The molecular formula is C18H20N2O2. The van der Waals surface area contributed by atoms with E-state index >= 15 is 0 Å². The molecule has 2 aromatic rings. The molecular weight excluding hydrogens is 276 g/mol. The molecule has 1 aliphatic rings. The fourth-order valence-electron chi connectivity index (χ4n) is 2.75. The number of aliphatic hydroxyl groups is 1. The zero-order valence-electron chi connectivity index (χ0n) is 12.4. The van der Waals surface area contributed by atoms with Crippen molar-refractivity contribution in [2.75, 3.05) is 23.3 Å². The molecule has 0 unspecified atom stereocenters. The summed E-state index contributed by atoms with van der Waals surface area (Å²) >= 11 is 0. The number of hydrogen-bond acceptors (Lipinski definition) is 3. The molecule has 2 N–H and O–H groups in total. The van der Waals surface area contributed by atoms with E-state index in [2.05, 4.69) is 10.2 Å². The van der Waals surface area contributed by atoms with Crippen LogP contribution in [-0.4, -0.2) is 30.2 Å². The molecule has 1 amide bonds. The van der Waals surface area contributed by atoms with Crippen LogP contribution in [0.15, 0.2) is 54.6 Å². The number of hydrogen-bond donors (Lipinski definition) is 2. The summed E-state index contributed by atoms with van der Waals surface area (Å²) in [4.78, 5) is 14.5. The second kappa shape index (κ2) is 6.62. The minimum absolute atomic E-state index is 0.106. The van der Waals surface area contributed by atoms with Gasteiger partial charge >= 0.3 is 0 Å². The van der Waals surface area contributed by atoms with Crippen LogP contribution in [0.2, 0.25) is 0 Å². The van der Waals surface area contributed by atoms with Crippen LogP contribution in [0.4, 0.5) is 11.4 Å². The highest BCUT2D eigenvalue weighted by molar-refractivity contribution is 6.05. The molecule has 1 saturated heterocycles. The Labute approximate surface area is 130 Å². The number of benzene rings is 2. The summed E-state index contributed by atoms with van der Waals surface area (Å²) in [6.07, 6.45) is 1.32. The minimum Gasteiger partial charge on any atom is -0.393 e. The monoisotopic (exact) mass is 296 g/mol. The third-order valence-electron chi connectivity index (χ3n) is 3.99. The van der Waals surface area contributed by atoms with E-state index < -0.39 is 0 Å².